The van der Waals surface area contributed by atoms with Gasteiger partial charge in [-0.2, -0.15) is 0 Å². The highest BCUT2D eigenvalue weighted by molar-refractivity contribution is 6.38. The van der Waals surface area contributed by atoms with Crippen LogP contribution >= 0.6 is 0 Å². The Morgan fingerprint density at radius 3 is 2.71 bits per heavy atom. The van der Waals surface area contributed by atoms with Crippen molar-refractivity contribution in [1.29, 1.82) is 0 Å². The van der Waals surface area contributed by atoms with E-state index in [9.17, 15) is 4.79 Å². The van der Waals surface area contributed by atoms with Gasteiger partial charge in [-0.15, -0.1) is 0 Å². The fourth-order valence-electron chi connectivity index (χ4n) is 3.56. The van der Waals surface area contributed by atoms with Crippen LogP contribution in [0.2, 0.25) is 0 Å². The van der Waals surface area contributed by atoms with E-state index in [1.807, 2.05) is 18.3 Å². The van der Waals surface area contributed by atoms with Crippen molar-refractivity contribution in [3.8, 4) is 0 Å². The number of aldehydes is 1. The third-order valence-electron chi connectivity index (χ3n) is 5.27. The van der Waals surface area contributed by atoms with Crippen LogP contribution < -0.4 is 4.90 Å². The zero-order valence-corrected chi connectivity index (χ0v) is 14.0. The van der Waals surface area contributed by atoms with Gasteiger partial charge >= 0.3 is 0 Å². The van der Waals surface area contributed by atoms with Crippen molar-refractivity contribution < 1.29 is 4.79 Å². The minimum atomic E-state index is -0.0229. The Balaban J connectivity index is 1.46. The predicted molar refractivity (Wildman–Crippen MR) is 95.0 cm³/mol. The largest absolute Gasteiger partial charge is 0.354 e. The van der Waals surface area contributed by atoms with E-state index < -0.39 is 0 Å². The Kier molecular flexibility index (Phi) is 4.14. The molecule has 0 aromatic carbocycles. The SMILES string of the molecule is CN1CCN(c2cccc(C3=NC(C4CC(C=O)C4)N=C3)n2)CC1. The Bertz CT molecular complexity index is 672. The third kappa shape index (κ3) is 2.98. The fraction of sp³-hybridized carbons (Fsp3) is 0.556. The highest BCUT2D eigenvalue weighted by atomic mass is 16.1. The number of piperazine rings is 1. The van der Waals surface area contributed by atoms with E-state index in [0.29, 0.717) is 5.92 Å². The molecule has 1 atom stereocenters. The van der Waals surface area contributed by atoms with Crippen LogP contribution in [0.25, 0.3) is 0 Å². The van der Waals surface area contributed by atoms with Gasteiger partial charge in [0.2, 0.25) is 0 Å². The van der Waals surface area contributed by atoms with E-state index in [-0.39, 0.29) is 12.1 Å². The highest BCUT2D eigenvalue weighted by Crippen LogP contribution is 2.37. The van der Waals surface area contributed by atoms with Gasteiger partial charge in [0.25, 0.3) is 0 Å². The fourth-order valence-corrected chi connectivity index (χ4v) is 3.56. The molecule has 0 spiro atoms. The number of hydrogen-bond acceptors (Lipinski definition) is 6. The average Bonchev–Trinajstić information content (AvgIpc) is 3.04. The molecule has 3 aliphatic rings. The molecule has 1 aliphatic carbocycles. The Labute approximate surface area is 142 Å². The molecular formula is C18H23N5O. The lowest BCUT2D eigenvalue weighted by Crippen LogP contribution is -2.44. The molecule has 1 aromatic heterocycles. The van der Waals surface area contributed by atoms with E-state index in [0.717, 1.165) is 62.5 Å². The average molecular weight is 325 g/mol. The number of hydrogen-bond donors (Lipinski definition) is 0. The summed E-state index contributed by atoms with van der Waals surface area (Å²) in [4.78, 5) is 29.5. The first kappa shape index (κ1) is 15.4. The van der Waals surface area contributed by atoms with Gasteiger partial charge in [0.05, 0.1) is 11.9 Å². The summed E-state index contributed by atoms with van der Waals surface area (Å²) in [5.74, 6) is 1.64. The van der Waals surface area contributed by atoms with Gasteiger partial charge in [0.1, 0.15) is 24.0 Å². The van der Waals surface area contributed by atoms with E-state index in [1.54, 1.807) is 0 Å². The summed E-state index contributed by atoms with van der Waals surface area (Å²) in [6, 6.07) is 6.12. The summed E-state index contributed by atoms with van der Waals surface area (Å²) in [5, 5.41) is 0. The molecule has 24 heavy (non-hydrogen) atoms. The molecule has 2 aliphatic heterocycles. The maximum absolute atomic E-state index is 10.7. The van der Waals surface area contributed by atoms with Gasteiger partial charge in [-0.3, -0.25) is 9.98 Å². The van der Waals surface area contributed by atoms with Crippen molar-refractivity contribution in [1.82, 2.24) is 9.88 Å². The monoisotopic (exact) mass is 325 g/mol. The Morgan fingerprint density at radius 1 is 1.17 bits per heavy atom. The minimum Gasteiger partial charge on any atom is -0.354 e. The number of carbonyl (C=O) groups excluding carboxylic acids is 1. The first-order valence-corrected chi connectivity index (χ1v) is 8.70. The lowest BCUT2D eigenvalue weighted by molar-refractivity contribution is -0.114. The second-order valence-corrected chi connectivity index (χ2v) is 7.01. The van der Waals surface area contributed by atoms with Crippen LogP contribution in [-0.4, -0.2) is 67.5 Å². The molecular weight excluding hydrogens is 302 g/mol. The molecule has 0 radical (unpaired) electrons. The molecule has 6 heteroatoms. The topological polar surface area (TPSA) is 61.2 Å². The van der Waals surface area contributed by atoms with Gasteiger partial charge in [0, 0.05) is 38.0 Å². The summed E-state index contributed by atoms with van der Waals surface area (Å²) < 4.78 is 0. The van der Waals surface area contributed by atoms with E-state index >= 15 is 0 Å². The second kappa shape index (κ2) is 6.43. The van der Waals surface area contributed by atoms with E-state index in [4.69, 9.17) is 9.98 Å². The molecule has 6 nitrogen and oxygen atoms in total. The van der Waals surface area contributed by atoms with Crippen LogP contribution in [0.1, 0.15) is 18.5 Å². The standard InChI is InChI=1S/C18H23N5O/c1-22-5-7-23(8-6-22)17-4-2-3-15(20-17)16-11-19-18(21-16)14-9-13(10-14)12-24/h2-4,11-14,18H,5-10H2,1H3. The number of nitrogens with zero attached hydrogens (tertiary/aromatic N) is 5. The number of carbonyl (C=O) groups is 1. The second-order valence-electron chi connectivity index (χ2n) is 7.01. The van der Waals surface area contributed by atoms with Crippen molar-refractivity contribution >= 4 is 24.0 Å². The van der Waals surface area contributed by atoms with Crippen molar-refractivity contribution in [2.75, 3.05) is 38.1 Å². The molecule has 3 heterocycles. The van der Waals surface area contributed by atoms with Gasteiger partial charge < -0.3 is 14.6 Å². The Morgan fingerprint density at radius 2 is 1.96 bits per heavy atom. The molecule has 0 N–H and O–H groups in total. The minimum absolute atomic E-state index is 0.0229. The lowest BCUT2D eigenvalue weighted by Gasteiger charge is -2.33. The molecule has 4 rings (SSSR count). The van der Waals surface area contributed by atoms with Gasteiger partial charge in [-0.1, -0.05) is 6.07 Å². The van der Waals surface area contributed by atoms with E-state index in [2.05, 4.69) is 27.9 Å². The molecule has 1 saturated carbocycles. The number of aromatic nitrogens is 1. The first-order chi connectivity index (χ1) is 11.7. The van der Waals surface area contributed by atoms with Crippen LogP contribution in [0, 0.1) is 11.8 Å². The molecule has 1 aromatic rings. The number of rotatable bonds is 4. The molecule has 0 bridgehead atoms. The Hall–Kier alpha value is -2.08. The first-order valence-electron chi connectivity index (χ1n) is 8.70. The van der Waals surface area contributed by atoms with Crippen molar-refractivity contribution in [3.63, 3.8) is 0 Å². The smallest absolute Gasteiger partial charge is 0.143 e. The number of likely N-dealkylation sites (N-methyl/N-ethyl adjacent to an activating group) is 1. The van der Waals surface area contributed by atoms with Crippen LogP contribution in [0.5, 0.6) is 0 Å². The van der Waals surface area contributed by atoms with Crippen molar-refractivity contribution in [2.45, 2.75) is 19.0 Å². The highest BCUT2D eigenvalue weighted by Gasteiger charge is 2.36. The molecule has 0 amide bonds. The quantitative estimate of drug-likeness (QED) is 0.782. The predicted octanol–water partition coefficient (Wildman–Crippen LogP) is 1.26. The number of pyridine rings is 1. The zero-order chi connectivity index (χ0) is 16.5. The molecule has 2 fully saturated rings. The summed E-state index contributed by atoms with van der Waals surface area (Å²) in [6.07, 6.45) is 4.70. The summed E-state index contributed by atoms with van der Waals surface area (Å²) in [6.45, 7) is 4.14. The molecule has 126 valence electrons. The normalized spacial score (nSPS) is 30.1. The van der Waals surface area contributed by atoms with Crippen LogP contribution in [0.15, 0.2) is 28.2 Å². The number of anilines is 1. The van der Waals surface area contributed by atoms with Gasteiger partial charge in [-0.05, 0) is 32.0 Å². The maximum Gasteiger partial charge on any atom is 0.143 e. The zero-order valence-electron chi connectivity index (χ0n) is 14.0. The van der Waals surface area contributed by atoms with E-state index in [1.165, 1.54) is 0 Å². The molecule has 1 saturated heterocycles. The number of aliphatic imine (C=N–C) groups is 2. The lowest BCUT2D eigenvalue weighted by atomic mass is 9.74. The van der Waals surface area contributed by atoms with Crippen LogP contribution in [0.4, 0.5) is 5.82 Å². The maximum atomic E-state index is 10.7. The van der Waals surface area contributed by atoms with Crippen molar-refractivity contribution in [2.24, 2.45) is 21.8 Å². The molecule has 1 unspecified atom stereocenters. The van der Waals surface area contributed by atoms with Gasteiger partial charge in [-0.25, -0.2) is 4.98 Å². The third-order valence-corrected chi connectivity index (χ3v) is 5.27. The van der Waals surface area contributed by atoms with Gasteiger partial charge in [0.15, 0.2) is 0 Å². The summed E-state index contributed by atoms with van der Waals surface area (Å²) in [7, 11) is 2.15. The van der Waals surface area contributed by atoms with Crippen LogP contribution in [0.3, 0.4) is 0 Å². The summed E-state index contributed by atoms with van der Waals surface area (Å²) in [5.41, 5.74) is 1.76. The van der Waals surface area contributed by atoms with Crippen molar-refractivity contribution in [3.05, 3.63) is 23.9 Å². The summed E-state index contributed by atoms with van der Waals surface area (Å²) >= 11 is 0. The van der Waals surface area contributed by atoms with Crippen LogP contribution in [-0.2, 0) is 4.79 Å².